The number of rotatable bonds is 2. The van der Waals surface area contributed by atoms with Gasteiger partial charge in [-0.2, -0.15) is 0 Å². The molecule has 13 heavy (non-hydrogen) atoms. The van der Waals surface area contributed by atoms with E-state index in [1.807, 2.05) is 14.0 Å². The van der Waals surface area contributed by atoms with Crippen molar-refractivity contribution >= 4 is 0 Å². The van der Waals surface area contributed by atoms with Crippen molar-refractivity contribution in [1.82, 2.24) is 5.32 Å². The van der Waals surface area contributed by atoms with E-state index in [0.29, 0.717) is 11.8 Å². The molecule has 0 aliphatic heterocycles. The van der Waals surface area contributed by atoms with Crippen LogP contribution in [-0.2, 0) is 0 Å². The van der Waals surface area contributed by atoms with Crippen LogP contribution in [0.1, 0.15) is 40.5 Å². The van der Waals surface area contributed by atoms with Crippen LogP contribution in [0.25, 0.3) is 0 Å². The summed E-state index contributed by atoms with van der Waals surface area (Å²) in [5.74, 6) is 1.21. The minimum Gasteiger partial charge on any atom is -0.388 e. The Hall–Kier alpha value is -0.0800. The Bertz CT molecular complexity index is 189. The zero-order valence-electron chi connectivity index (χ0n) is 9.52. The van der Waals surface area contributed by atoms with Gasteiger partial charge in [0.15, 0.2) is 0 Å². The molecule has 1 rings (SSSR count). The summed E-state index contributed by atoms with van der Waals surface area (Å²) >= 11 is 0. The van der Waals surface area contributed by atoms with Gasteiger partial charge in [0.2, 0.25) is 0 Å². The molecule has 0 unspecified atom stereocenters. The van der Waals surface area contributed by atoms with Gasteiger partial charge in [-0.05, 0) is 45.6 Å². The van der Waals surface area contributed by atoms with Crippen LogP contribution in [0.15, 0.2) is 0 Å². The molecule has 1 aliphatic rings. The van der Waals surface area contributed by atoms with Crippen LogP contribution < -0.4 is 5.32 Å². The summed E-state index contributed by atoms with van der Waals surface area (Å²) in [5.41, 5.74) is -0.683. The predicted molar refractivity (Wildman–Crippen MR) is 55.7 cm³/mol. The molecule has 0 aromatic rings. The highest BCUT2D eigenvalue weighted by molar-refractivity contribution is 5.09. The largest absolute Gasteiger partial charge is 0.388 e. The molecule has 1 saturated carbocycles. The maximum Gasteiger partial charge on any atom is 0.0800 e. The molecule has 0 amide bonds. The Morgan fingerprint density at radius 2 is 1.92 bits per heavy atom. The summed E-state index contributed by atoms with van der Waals surface area (Å²) in [6.07, 6.45) is 2.04. The van der Waals surface area contributed by atoms with E-state index >= 15 is 0 Å². The van der Waals surface area contributed by atoms with E-state index in [2.05, 4.69) is 26.1 Å². The van der Waals surface area contributed by atoms with Crippen LogP contribution in [0.5, 0.6) is 0 Å². The molecule has 2 N–H and O–H groups in total. The van der Waals surface area contributed by atoms with E-state index in [1.165, 1.54) is 0 Å². The first-order valence-corrected chi connectivity index (χ1v) is 5.26. The van der Waals surface area contributed by atoms with Crippen molar-refractivity contribution in [3.8, 4) is 0 Å². The Morgan fingerprint density at radius 3 is 2.23 bits per heavy atom. The summed E-state index contributed by atoms with van der Waals surface area (Å²) in [5, 5.41) is 13.6. The van der Waals surface area contributed by atoms with Crippen molar-refractivity contribution < 1.29 is 5.11 Å². The van der Waals surface area contributed by atoms with Crippen molar-refractivity contribution in [2.45, 2.75) is 51.7 Å². The third-order valence-electron chi connectivity index (χ3n) is 4.13. The summed E-state index contributed by atoms with van der Waals surface area (Å²) < 4.78 is 0. The lowest BCUT2D eigenvalue weighted by molar-refractivity contribution is -0.0228. The number of aliphatic hydroxyl groups is 1. The lowest BCUT2D eigenvalue weighted by atomic mass is 9.75. The van der Waals surface area contributed by atoms with Crippen LogP contribution in [0.2, 0.25) is 0 Å². The van der Waals surface area contributed by atoms with Gasteiger partial charge >= 0.3 is 0 Å². The SMILES string of the molecule is CN[C@@]1(C)[C@@H](C(C)C)CC[C@@]1(C)O. The molecule has 0 aromatic heterocycles. The van der Waals surface area contributed by atoms with E-state index in [9.17, 15) is 5.11 Å². The second-order valence-electron chi connectivity index (χ2n) is 5.12. The van der Waals surface area contributed by atoms with Gasteiger partial charge in [0.25, 0.3) is 0 Å². The fraction of sp³-hybridized carbons (Fsp3) is 1.00. The molecule has 0 radical (unpaired) electrons. The second-order valence-corrected chi connectivity index (χ2v) is 5.12. The Labute approximate surface area is 81.7 Å². The predicted octanol–water partition coefficient (Wildman–Crippen LogP) is 1.78. The maximum atomic E-state index is 10.3. The highest BCUT2D eigenvalue weighted by atomic mass is 16.3. The van der Waals surface area contributed by atoms with Gasteiger partial charge in [-0.25, -0.2) is 0 Å². The van der Waals surface area contributed by atoms with Crippen molar-refractivity contribution in [1.29, 1.82) is 0 Å². The summed E-state index contributed by atoms with van der Waals surface area (Å²) in [6, 6.07) is 0. The normalized spacial score (nSPS) is 45.9. The van der Waals surface area contributed by atoms with E-state index in [0.717, 1.165) is 12.8 Å². The maximum absolute atomic E-state index is 10.3. The number of hydrogen-bond donors (Lipinski definition) is 2. The molecule has 0 bridgehead atoms. The van der Waals surface area contributed by atoms with Gasteiger partial charge in [0.05, 0.1) is 5.60 Å². The molecule has 0 spiro atoms. The Balaban J connectivity index is 2.93. The minimum atomic E-state index is -0.559. The van der Waals surface area contributed by atoms with Gasteiger partial charge in [-0.15, -0.1) is 0 Å². The van der Waals surface area contributed by atoms with Crippen LogP contribution >= 0.6 is 0 Å². The van der Waals surface area contributed by atoms with Crippen molar-refractivity contribution in [2.24, 2.45) is 11.8 Å². The van der Waals surface area contributed by atoms with Crippen LogP contribution in [0.3, 0.4) is 0 Å². The lowest BCUT2D eigenvalue weighted by Crippen LogP contribution is -2.59. The highest BCUT2D eigenvalue weighted by Crippen LogP contribution is 2.46. The molecular formula is C11H23NO. The smallest absolute Gasteiger partial charge is 0.0800 e. The first kappa shape index (κ1) is 11.0. The van der Waals surface area contributed by atoms with Crippen LogP contribution in [0.4, 0.5) is 0 Å². The van der Waals surface area contributed by atoms with Gasteiger partial charge < -0.3 is 10.4 Å². The van der Waals surface area contributed by atoms with E-state index in [-0.39, 0.29) is 5.54 Å². The molecule has 0 aromatic carbocycles. The molecule has 0 saturated heterocycles. The fourth-order valence-corrected chi connectivity index (χ4v) is 2.84. The molecule has 1 aliphatic carbocycles. The first-order valence-electron chi connectivity index (χ1n) is 5.26. The van der Waals surface area contributed by atoms with Crippen LogP contribution in [0, 0.1) is 11.8 Å². The molecule has 0 heterocycles. The first-order chi connectivity index (χ1) is 5.85. The molecule has 2 heteroatoms. The third-order valence-corrected chi connectivity index (χ3v) is 4.13. The lowest BCUT2D eigenvalue weighted by Gasteiger charge is -2.42. The Morgan fingerprint density at radius 1 is 1.38 bits per heavy atom. The molecule has 3 atom stereocenters. The van der Waals surface area contributed by atoms with Crippen LogP contribution in [-0.4, -0.2) is 23.3 Å². The number of nitrogens with one attached hydrogen (secondary N) is 1. The average molecular weight is 185 g/mol. The second kappa shape index (κ2) is 3.25. The molecule has 2 nitrogen and oxygen atoms in total. The minimum absolute atomic E-state index is 0.124. The Kier molecular flexibility index (Phi) is 2.75. The van der Waals surface area contributed by atoms with Crippen molar-refractivity contribution in [3.63, 3.8) is 0 Å². The fourth-order valence-electron chi connectivity index (χ4n) is 2.84. The molecule has 1 fully saturated rings. The number of likely N-dealkylation sites (N-methyl/N-ethyl adjacent to an activating group) is 1. The zero-order valence-corrected chi connectivity index (χ0v) is 9.52. The third kappa shape index (κ3) is 1.50. The summed E-state index contributed by atoms with van der Waals surface area (Å²) in [7, 11) is 1.95. The number of hydrogen-bond acceptors (Lipinski definition) is 2. The van der Waals surface area contributed by atoms with Gasteiger partial charge in [-0.3, -0.25) is 0 Å². The van der Waals surface area contributed by atoms with Crippen molar-refractivity contribution in [3.05, 3.63) is 0 Å². The summed E-state index contributed by atoms with van der Waals surface area (Å²) in [4.78, 5) is 0. The topological polar surface area (TPSA) is 32.3 Å². The molecule has 78 valence electrons. The average Bonchev–Trinajstić information content (AvgIpc) is 2.25. The quantitative estimate of drug-likeness (QED) is 0.687. The van der Waals surface area contributed by atoms with Gasteiger partial charge in [0.1, 0.15) is 0 Å². The zero-order chi connectivity index (χ0) is 10.3. The van der Waals surface area contributed by atoms with Crippen molar-refractivity contribution in [2.75, 3.05) is 7.05 Å². The van der Waals surface area contributed by atoms with Gasteiger partial charge in [0, 0.05) is 5.54 Å². The molecular weight excluding hydrogens is 162 g/mol. The van der Waals surface area contributed by atoms with E-state index in [1.54, 1.807) is 0 Å². The van der Waals surface area contributed by atoms with E-state index in [4.69, 9.17) is 0 Å². The summed E-state index contributed by atoms with van der Waals surface area (Å²) in [6.45, 7) is 8.57. The van der Waals surface area contributed by atoms with Gasteiger partial charge in [-0.1, -0.05) is 13.8 Å². The highest BCUT2D eigenvalue weighted by Gasteiger charge is 2.53. The standard InChI is InChI=1S/C11H23NO/c1-8(2)9-6-7-10(3,13)11(9,4)12-5/h8-9,12-13H,6-7H2,1-5H3/t9-,10-,11+/m1/s1. The monoisotopic (exact) mass is 185 g/mol. The van der Waals surface area contributed by atoms with E-state index < -0.39 is 5.60 Å².